The van der Waals surface area contributed by atoms with Crippen molar-refractivity contribution in [3.8, 4) is 0 Å². The van der Waals surface area contributed by atoms with Gasteiger partial charge in [0.25, 0.3) is 5.91 Å². The Hall–Kier alpha value is -3.34. The van der Waals surface area contributed by atoms with Gasteiger partial charge in [-0.3, -0.25) is 9.59 Å². The van der Waals surface area contributed by atoms with Gasteiger partial charge in [0.15, 0.2) is 0 Å². The molecule has 0 aliphatic carbocycles. The van der Waals surface area contributed by atoms with Gasteiger partial charge >= 0.3 is 0 Å². The van der Waals surface area contributed by atoms with Gasteiger partial charge in [-0.1, -0.05) is 43.7 Å². The first kappa shape index (κ1) is 19.4. The first-order chi connectivity index (χ1) is 13.7. The molecule has 0 aliphatic heterocycles. The molecule has 2 amide bonds. The van der Waals surface area contributed by atoms with Crippen LogP contribution in [0.1, 0.15) is 30.1 Å². The van der Waals surface area contributed by atoms with Crippen LogP contribution >= 0.6 is 0 Å². The van der Waals surface area contributed by atoms with E-state index in [0.717, 1.165) is 35.0 Å². The third-order valence-electron chi connectivity index (χ3n) is 4.45. The third-order valence-corrected chi connectivity index (χ3v) is 4.45. The lowest BCUT2D eigenvalue weighted by atomic mass is 10.1. The fraction of sp³-hybridized carbons (Fsp3) is 0.217. The summed E-state index contributed by atoms with van der Waals surface area (Å²) in [6, 6.07) is 21.0. The minimum absolute atomic E-state index is 0.0750. The van der Waals surface area contributed by atoms with Crippen molar-refractivity contribution in [2.45, 2.75) is 19.8 Å². The first-order valence-corrected chi connectivity index (χ1v) is 9.56. The predicted molar refractivity (Wildman–Crippen MR) is 115 cm³/mol. The van der Waals surface area contributed by atoms with Crippen molar-refractivity contribution >= 4 is 34.0 Å². The van der Waals surface area contributed by atoms with E-state index >= 15 is 0 Å². The van der Waals surface area contributed by atoms with Crippen molar-refractivity contribution in [3.63, 3.8) is 0 Å². The summed E-state index contributed by atoms with van der Waals surface area (Å²) >= 11 is 0. The van der Waals surface area contributed by atoms with Crippen LogP contribution in [0.3, 0.4) is 0 Å². The number of carbonyl (C=O) groups is 2. The number of carbonyl (C=O) groups excluding carboxylic acids is 2. The van der Waals surface area contributed by atoms with E-state index in [4.69, 9.17) is 0 Å². The average molecular weight is 375 g/mol. The average Bonchev–Trinajstić information content (AvgIpc) is 2.72. The summed E-state index contributed by atoms with van der Waals surface area (Å²) in [6.45, 7) is 2.92. The molecule has 0 aromatic heterocycles. The number of rotatable bonds is 8. The lowest BCUT2D eigenvalue weighted by Crippen LogP contribution is -2.24. The number of amides is 2. The number of fused-ring (bicyclic) bond motifs is 1. The standard InChI is InChI=1S/C23H25N3O2/c1-2-3-14-24-23(28)18-9-11-20(12-10-18)25-16-22(27)26-21-13-8-17-6-4-5-7-19(17)15-21/h4-13,15,25H,2-3,14,16H2,1H3,(H,24,28)(H,26,27). The monoisotopic (exact) mass is 375 g/mol. The highest BCUT2D eigenvalue weighted by molar-refractivity contribution is 5.97. The summed E-state index contributed by atoms with van der Waals surface area (Å²) in [5.41, 5.74) is 2.17. The topological polar surface area (TPSA) is 70.2 Å². The molecule has 0 spiro atoms. The molecule has 3 rings (SSSR count). The van der Waals surface area contributed by atoms with Crippen molar-refractivity contribution in [1.82, 2.24) is 5.32 Å². The Balaban J connectivity index is 1.50. The van der Waals surface area contributed by atoms with Crippen molar-refractivity contribution < 1.29 is 9.59 Å². The lowest BCUT2D eigenvalue weighted by Gasteiger charge is -2.09. The van der Waals surface area contributed by atoms with Gasteiger partial charge in [0, 0.05) is 23.5 Å². The van der Waals surface area contributed by atoms with Gasteiger partial charge in [0.05, 0.1) is 6.54 Å². The Morgan fingerprint density at radius 1 is 0.857 bits per heavy atom. The molecule has 0 unspecified atom stereocenters. The van der Waals surface area contributed by atoms with Crippen LogP contribution in [0.15, 0.2) is 66.7 Å². The maximum Gasteiger partial charge on any atom is 0.251 e. The van der Waals surface area contributed by atoms with Gasteiger partial charge in [-0.05, 0) is 53.6 Å². The van der Waals surface area contributed by atoms with Gasteiger partial charge in [-0.25, -0.2) is 0 Å². The fourth-order valence-corrected chi connectivity index (χ4v) is 2.87. The second kappa shape index (κ2) is 9.55. The number of nitrogens with one attached hydrogen (secondary N) is 3. The summed E-state index contributed by atoms with van der Waals surface area (Å²) in [5.74, 6) is -0.203. The zero-order valence-corrected chi connectivity index (χ0v) is 16.0. The fourth-order valence-electron chi connectivity index (χ4n) is 2.87. The Labute approximate surface area is 165 Å². The highest BCUT2D eigenvalue weighted by atomic mass is 16.2. The maximum absolute atomic E-state index is 12.2. The molecule has 3 aromatic rings. The van der Waals surface area contributed by atoms with E-state index in [0.29, 0.717) is 12.1 Å². The van der Waals surface area contributed by atoms with Gasteiger partial charge in [0.1, 0.15) is 0 Å². The van der Waals surface area contributed by atoms with E-state index in [1.165, 1.54) is 0 Å². The summed E-state index contributed by atoms with van der Waals surface area (Å²) in [5, 5.41) is 11.1. The number of anilines is 2. The largest absolute Gasteiger partial charge is 0.376 e. The Morgan fingerprint density at radius 3 is 2.32 bits per heavy atom. The Bertz CT molecular complexity index is 951. The van der Waals surface area contributed by atoms with E-state index in [1.807, 2.05) is 42.5 Å². The second-order valence-electron chi connectivity index (χ2n) is 6.65. The van der Waals surface area contributed by atoms with Crippen LogP contribution in [-0.2, 0) is 4.79 Å². The minimum atomic E-state index is -0.128. The van der Waals surface area contributed by atoms with E-state index in [-0.39, 0.29) is 18.4 Å². The van der Waals surface area contributed by atoms with Crippen LogP contribution in [0.25, 0.3) is 10.8 Å². The lowest BCUT2D eigenvalue weighted by molar-refractivity contribution is -0.114. The summed E-state index contributed by atoms with van der Waals surface area (Å²) in [4.78, 5) is 24.2. The number of unbranched alkanes of at least 4 members (excludes halogenated alkanes) is 1. The second-order valence-corrected chi connectivity index (χ2v) is 6.65. The van der Waals surface area contributed by atoms with Crippen molar-refractivity contribution in [2.24, 2.45) is 0 Å². The van der Waals surface area contributed by atoms with Crippen LogP contribution in [0, 0.1) is 0 Å². The number of benzene rings is 3. The minimum Gasteiger partial charge on any atom is -0.376 e. The molecule has 0 aliphatic rings. The first-order valence-electron chi connectivity index (χ1n) is 9.56. The molecule has 0 bridgehead atoms. The molecular formula is C23H25N3O2. The zero-order chi connectivity index (χ0) is 19.8. The highest BCUT2D eigenvalue weighted by Gasteiger charge is 2.06. The van der Waals surface area contributed by atoms with Crippen molar-refractivity contribution in [3.05, 3.63) is 72.3 Å². The molecule has 3 N–H and O–H groups in total. The van der Waals surface area contributed by atoms with E-state index in [9.17, 15) is 9.59 Å². The molecule has 0 radical (unpaired) electrons. The summed E-state index contributed by atoms with van der Waals surface area (Å²) in [6.07, 6.45) is 2.02. The molecule has 0 saturated carbocycles. The molecule has 0 fully saturated rings. The van der Waals surface area contributed by atoms with Crippen molar-refractivity contribution in [1.29, 1.82) is 0 Å². The SMILES string of the molecule is CCCCNC(=O)c1ccc(NCC(=O)Nc2ccc3ccccc3c2)cc1. The van der Waals surface area contributed by atoms with Crippen LogP contribution in [0.2, 0.25) is 0 Å². The van der Waals surface area contributed by atoms with E-state index in [1.54, 1.807) is 24.3 Å². The van der Waals surface area contributed by atoms with E-state index < -0.39 is 0 Å². The summed E-state index contributed by atoms with van der Waals surface area (Å²) < 4.78 is 0. The van der Waals surface area contributed by atoms with Gasteiger partial charge < -0.3 is 16.0 Å². The quantitative estimate of drug-likeness (QED) is 0.511. The molecule has 144 valence electrons. The number of hydrogen-bond acceptors (Lipinski definition) is 3. The van der Waals surface area contributed by atoms with Gasteiger partial charge in [-0.15, -0.1) is 0 Å². The third kappa shape index (κ3) is 5.33. The summed E-state index contributed by atoms with van der Waals surface area (Å²) in [7, 11) is 0. The number of hydrogen-bond donors (Lipinski definition) is 3. The molecule has 5 heteroatoms. The molecule has 0 atom stereocenters. The zero-order valence-electron chi connectivity index (χ0n) is 16.0. The Morgan fingerprint density at radius 2 is 1.57 bits per heavy atom. The van der Waals surface area contributed by atoms with Crippen LogP contribution in [-0.4, -0.2) is 24.9 Å². The molecule has 0 heterocycles. The molecule has 0 saturated heterocycles. The molecule has 3 aromatic carbocycles. The smallest absolute Gasteiger partial charge is 0.251 e. The normalized spacial score (nSPS) is 10.5. The van der Waals surface area contributed by atoms with E-state index in [2.05, 4.69) is 22.9 Å². The predicted octanol–water partition coefficient (Wildman–Crippen LogP) is 4.42. The van der Waals surface area contributed by atoms with Gasteiger partial charge in [0.2, 0.25) is 5.91 Å². The van der Waals surface area contributed by atoms with Crippen LogP contribution in [0.4, 0.5) is 11.4 Å². The van der Waals surface area contributed by atoms with Crippen molar-refractivity contribution in [2.75, 3.05) is 23.7 Å². The van der Waals surface area contributed by atoms with Gasteiger partial charge in [-0.2, -0.15) is 0 Å². The molecular weight excluding hydrogens is 350 g/mol. The molecule has 28 heavy (non-hydrogen) atoms. The highest BCUT2D eigenvalue weighted by Crippen LogP contribution is 2.18. The molecule has 5 nitrogen and oxygen atoms in total. The van der Waals surface area contributed by atoms with Crippen LogP contribution in [0.5, 0.6) is 0 Å². The van der Waals surface area contributed by atoms with Crippen LogP contribution < -0.4 is 16.0 Å². The maximum atomic E-state index is 12.2. The Kier molecular flexibility index (Phi) is 6.63.